The molecule has 6 heteroatoms. The van der Waals surface area contributed by atoms with Crippen LogP contribution in [0.1, 0.15) is 92.4 Å². The van der Waals surface area contributed by atoms with Gasteiger partial charge in [-0.25, -0.2) is 0 Å². The largest absolute Gasteiger partial charge is 0.396 e. The number of hydrogen-bond acceptors (Lipinski definition) is 6. The van der Waals surface area contributed by atoms with Gasteiger partial charge in [0.2, 0.25) is 0 Å². The summed E-state index contributed by atoms with van der Waals surface area (Å²) in [6.07, 6.45) is 3.56. The molecule has 0 spiro atoms. The quantitative estimate of drug-likeness (QED) is 0.322. The average Bonchev–Trinajstić information content (AvgIpc) is 2.97. The van der Waals surface area contributed by atoms with Crippen molar-refractivity contribution >= 4 is 0 Å². The first-order chi connectivity index (χ1) is 16.3. The van der Waals surface area contributed by atoms with Crippen LogP contribution in [0, 0.1) is 52.3 Å². The third-order valence-corrected chi connectivity index (χ3v) is 11.9. The molecular formula is C29H52O6. The van der Waals surface area contributed by atoms with Crippen LogP contribution >= 0.6 is 0 Å². The fraction of sp³-hybridized carbons (Fsp3) is 1.00. The maximum absolute atomic E-state index is 12.4. The number of aliphatic hydroxyl groups excluding tert-OH is 5. The summed E-state index contributed by atoms with van der Waals surface area (Å²) < 4.78 is 0. The fourth-order valence-electron chi connectivity index (χ4n) is 10.1. The molecule has 0 aromatic rings. The van der Waals surface area contributed by atoms with E-state index < -0.39 is 41.3 Å². The van der Waals surface area contributed by atoms with Crippen LogP contribution in [0.2, 0.25) is 0 Å². The van der Waals surface area contributed by atoms with Crippen LogP contribution in [0.4, 0.5) is 0 Å². The molecule has 0 heterocycles. The van der Waals surface area contributed by atoms with E-state index in [1.54, 1.807) is 0 Å². The van der Waals surface area contributed by atoms with E-state index in [0.29, 0.717) is 24.7 Å². The molecule has 4 rings (SSSR count). The zero-order valence-electron chi connectivity index (χ0n) is 22.6. The first kappa shape index (κ1) is 27.8. The summed E-state index contributed by atoms with van der Waals surface area (Å²) in [7, 11) is 0. The van der Waals surface area contributed by atoms with Gasteiger partial charge in [-0.15, -0.1) is 0 Å². The molecule has 4 aliphatic carbocycles. The second-order valence-corrected chi connectivity index (χ2v) is 14.0. The smallest absolute Gasteiger partial charge is 0.0863 e. The Labute approximate surface area is 212 Å². The van der Waals surface area contributed by atoms with Gasteiger partial charge in [0.05, 0.1) is 30.0 Å². The Bertz CT molecular complexity index is 745. The third kappa shape index (κ3) is 4.32. The first-order valence-electron chi connectivity index (χ1n) is 14.4. The molecule has 0 saturated heterocycles. The van der Waals surface area contributed by atoms with Crippen LogP contribution in [0.25, 0.3) is 0 Å². The second-order valence-electron chi connectivity index (χ2n) is 14.0. The van der Waals surface area contributed by atoms with E-state index >= 15 is 0 Å². The molecule has 6 nitrogen and oxygen atoms in total. The average molecular weight is 497 g/mol. The van der Waals surface area contributed by atoms with Gasteiger partial charge in [0.25, 0.3) is 0 Å². The summed E-state index contributed by atoms with van der Waals surface area (Å²) >= 11 is 0. The molecule has 0 radical (unpaired) electrons. The SMILES string of the molecule is CC(C)[C@@H](CCO)CC[C@@H](C)[C@H]1[C@@H](O)[C@@H](O)[C@@H]2[C@]1(C)CC[C@@H]1[C@@]3(C)CC[C@H](O)C[C@@H]3[C@@H](O)C[C@]12O. The highest BCUT2D eigenvalue weighted by atomic mass is 16.3. The van der Waals surface area contributed by atoms with Crippen molar-refractivity contribution in [2.45, 2.75) is 122 Å². The molecule has 0 aromatic carbocycles. The van der Waals surface area contributed by atoms with Gasteiger partial charge in [0.1, 0.15) is 0 Å². The van der Waals surface area contributed by atoms with Gasteiger partial charge in [-0.3, -0.25) is 0 Å². The van der Waals surface area contributed by atoms with Crippen LogP contribution in [0.5, 0.6) is 0 Å². The van der Waals surface area contributed by atoms with Crippen molar-refractivity contribution in [3.8, 4) is 0 Å². The van der Waals surface area contributed by atoms with E-state index in [1.807, 2.05) is 0 Å². The summed E-state index contributed by atoms with van der Waals surface area (Å²) in [5, 5.41) is 66.3. The molecule has 204 valence electrons. The van der Waals surface area contributed by atoms with Gasteiger partial charge in [-0.2, -0.15) is 0 Å². The molecule has 0 aliphatic heterocycles. The molecule has 13 atom stereocenters. The Morgan fingerprint density at radius 1 is 0.857 bits per heavy atom. The van der Waals surface area contributed by atoms with Gasteiger partial charge >= 0.3 is 0 Å². The summed E-state index contributed by atoms with van der Waals surface area (Å²) in [5.74, 6) is 0.398. The van der Waals surface area contributed by atoms with Crippen LogP contribution < -0.4 is 0 Å². The molecule has 0 aromatic heterocycles. The van der Waals surface area contributed by atoms with Crippen LogP contribution in [-0.2, 0) is 0 Å². The Morgan fingerprint density at radius 2 is 1.51 bits per heavy atom. The molecular weight excluding hydrogens is 444 g/mol. The summed E-state index contributed by atoms with van der Waals surface area (Å²) in [5.41, 5.74) is -1.92. The summed E-state index contributed by atoms with van der Waals surface area (Å²) in [6, 6.07) is 0. The van der Waals surface area contributed by atoms with Crippen molar-refractivity contribution in [2.24, 2.45) is 52.3 Å². The van der Waals surface area contributed by atoms with Gasteiger partial charge in [-0.05, 0) is 91.3 Å². The Hall–Kier alpha value is -0.240. The Kier molecular flexibility index (Phi) is 7.79. The molecule has 4 saturated carbocycles. The first-order valence-corrected chi connectivity index (χ1v) is 14.4. The van der Waals surface area contributed by atoms with E-state index in [-0.39, 0.29) is 42.1 Å². The highest BCUT2D eigenvalue weighted by Crippen LogP contribution is 2.69. The van der Waals surface area contributed by atoms with E-state index in [4.69, 9.17) is 0 Å². The Balaban J connectivity index is 1.60. The topological polar surface area (TPSA) is 121 Å². The lowest BCUT2D eigenvalue weighted by Gasteiger charge is -2.65. The van der Waals surface area contributed by atoms with Crippen molar-refractivity contribution in [2.75, 3.05) is 6.61 Å². The highest BCUT2D eigenvalue weighted by Gasteiger charge is 2.72. The predicted octanol–water partition coefficient (Wildman–Crippen LogP) is 3.10. The van der Waals surface area contributed by atoms with E-state index in [1.165, 1.54) is 0 Å². The van der Waals surface area contributed by atoms with Crippen molar-refractivity contribution in [3.63, 3.8) is 0 Å². The van der Waals surface area contributed by atoms with Gasteiger partial charge in [0, 0.05) is 18.9 Å². The molecule has 4 fully saturated rings. The monoisotopic (exact) mass is 496 g/mol. The minimum atomic E-state index is -1.23. The molecule has 0 unspecified atom stereocenters. The zero-order valence-corrected chi connectivity index (χ0v) is 22.6. The standard InChI is InChI=1S/C29H52O6/c1-16(2)18(10-13-30)7-6-17(3)23-24(33)25(34)26-28(23,5)12-9-22-27(4)11-8-19(31)14-20(27)21(32)15-29(22,26)35/h16-26,30-35H,6-15H2,1-5H3/t17-,18-,19+,20-,21+,22-,23+,24-,25-,26-,27+,28-,29+/m1/s1. The highest BCUT2D eigenvalue weighted by molar-refractivity contribution is 5.21. The van der Waals surface area contributed by atoms with Crippen LogP contribution in [0.3, 0.4) is 0 Å². The summed E-state index contributed by atoms with van der Waals surface area (Å²) in [6.45, 7) is 11.1. The van der Waals surface area contributed by atoms with E-state index in [0.717, 1.165) is 38.5 Å². The Morgan fingerprint density at radius 3 is 2.14 bits per heavy atom. The zero-order chi connectivity index (χ0) is 25.9. The lowest BCUT2D eigenvalue weighted by atomic mass is 9.42. The van der Waals surface area contributed by atoms with Crippen molar-refractivity contribution < 1.29 is 30.6 Å². The van der Waals surface area contributed by atoms with Crippen molar-refractivity contribution in [1.82, 2.24) is 0 Å². The normalized spacial score (nSPS) is 51.4. The van der Waals surface area contributed by atoms with Crippen molar-refractivity contribution in [1.29, 1.82) is 0 Å². The molecule has 6 N–H and O–H groups in total. The van der Waals surface area contributed by atoms with Crippen LogP contribution in [0.15, 0.2) is 0 Å². The minimum absolute atomic E-state index is 0.0430. The maximum Gasteiger partial charge on any atom is 0.0863 e. The predicted molar refractivity (Wildman–Crippen MR) is 135 cm³/mol. The third-order valence-electron chi connectivity index (χ3n) is 11.9. The number of rotatable bonds is 7. The van der Waals surface area contributed by atoms with E-state index in [2.05, 4.69) is 34.6 Å². The number of hydrogen-bond donors (Lipinski definition) is 6. The molecule has 0 bridgehead atoms. The number of fused-ring (bicyclic) bond motifs is 5. The molecule has 0 amide bonds. The maximum atomic E-state index is 12.4. The summed E-state index contributed by atoms with van der Waals surface area (Å²) in [4.78, 5) is 0. The lowest BCUT2D eigenvalue weighted by Crippen LogP contribution is -2.68. The molecule has 35 heavy (non-hydrogen) atoms. The van der Waals surface area contributed by atoms with Gasteiger partial charge < -0.3 is 30.6 Å². The number of aliphatic hydroxyl groups is 6. The second kappa shape index (κ2) is 9.81. The van der Waals surface area contributed by atoms with Gasteiger partial charge in [-0.1, -0.05) is 41.0 Å². The van der Waals surface area contributed by atoms with Crippen LogP contribution in [-0.4, -0.2) is 67.3 Å². The van der Waals surface area contributed by atoms with E-state index in [9.17, 15) is 30.6 Å². The van der Waals surface area contributed by atoms with Crippen molar-refractivity contribution in [3.05, 3.63) is 0 Å². The molecule has 4 aliphatic rings. The minimum Gasteiger partial charge on any atom is -0.396 e. The lowest BCUT2D eigenvalue weighted by molar-refractivity contribution is -0.264. The fourth-order valence-corrected chi connectivity index (χ4v) is 10.1. The van der Waals surface area contributed by atoms with Gasteiger partial charge in [0.15, 0.2) is 0 Å².